The molecule has 3 nitrogen and oxygen atoms in total. The average molecular weight is 313 g/mol. The van der Waals surface area contributed by atoms with Crippen LogP contribution in [0.25, 0.3) is 0 Å². The fourth-order valence-corrected chi connectivity index (χ4v) is 4.19. The lowest BCUT2D eigenvalue weighted by Gasteiger charge is -2.27. The van der Waals surface area contributed by atoms with Gasteiger partial charge >= 0.3 is 0 Å². The van der Waals surface area contributed by atoms with Gasteiger partial charge in [-0.15, -0.1) is 11.8 Å². The van der Waals surface area contributed by atoms with E-state index >= 15 is 0 Å². The standard InChI is InChI=1S/C18H19NO2S/c1-2-7-17-14(5-1)15(8-11-22-17)19-12-13-4-3-6-16-18(13)21-10-9-20-16/h1-7,15,19H,8-12H2. The quantitative estimate of drug-likeness (QED) is 0.934. The van der Waals surface area contributed by atoms with Gasteiger partial charge in [-0.2, -0.15) is 0 Å². The maximum Gasteiger partial charge on any atom is 0.165 e. The Labute approximate surface area is 135 Å². The maximum absolute atomic E-state index is 5.79. The van der Waals surface area contributed by atoms with E-state index in [-0.39, 0.29) is 0 Å². The van der Waals surface area contributed by atoms with E-state index in [9.17, 15) is 0 Å². The molecule has 0 radical (unpaired) electrons. The van der Waals surface area contributed by atoms with Crippen molar-refractivity contribution in [3.05, 3.63) is 53.6 Å². The van der Waals surface area contributed by atoms with Crippen LogP contribution >= 0.6 is 11.8 Å². The SMILES string of the molecule is c1cc(CNC2CCSc3ccccc32)c2c(c1)OCCO2. The summed E-state index contributed by atoms with van der Waals surface area (Å²) >= 11 is 1.95. The van der Waals surface area contributed by atoms with Gasteiger partial charge in [0.15, 0.2) is 11.5 Å². The van der Waals surface area contributed by atoms with E-state index in [0.29, 0.717) is 19.3 Å². The third-order valence-electron chi connectivity index (χ3n) is 4.15. The van der Waals surface area contributed by atoms with Crippen LogP contribution in [0.5, 0.6) is 11.5 Å². The predicted octanol–water partition coefficient (Wildman–Crippen LogP) is 3.78. The summed E-state index contributed by atoms with van der Waals surface area (Å²) in [5.74, 6) is 2.94. The van der Waals surface area contributed by atoms with E-state index in [1.54, 1.807) is 0 Å². The Morgan fingerprint density at radius 1 is 1.05 bits per heavy atom. The number of ether oxygens (including phenoxy) is 2. The maximum atomic E-state index is 5.79. The van der Waals surface area contributed by atoms with Gasteiger partial charge in [-0.3, -0.25) is 0 Å². The largest absolute Gasteiger partial charge is 0.486 e. The van der Waals surface area contributed by atoms with Crippen LogP contribution in [0.4, 0.5) is 0 Å². The molecule has 2 aliphatic heterocycles. The zero-order valence-corrected chi connectivity index (χ0v) is 13.2. The molecule has 1 N–H and O–H groups in total. The second-order valence-corrected chi connectivity index (χ2v) is 6.69. The lowest BCUT2D eigenvalue weighted by molar-refractivity contribution is 0.169. The lowest BCUT2D eigenvalue weighted by Crippen LogP contribution is -2.25. The average Bonchev–Trinajstić information content (AvgIpc) is 2.60. The normalized spacial score (nSPS) is 19.5. The first-order valence-electron chi connectivity index (χ1n) is 7.74. The third-order valence-corrected chi connectivity index (χ3v) is 5.27. The van der Waals surface area contributed by atoms with Crippen LogP contribution in [0.1, 0.15) is 23.6 Å². The van der Waals surface area contributed by atoms with Crippen molar-refractivity contribution in [1.82, 2.24) is 5.32 Å². The van der Waals surface area contributed by atoms with Gasteiger partial charge < -0.3 is 14.8 Å². The molecule has 2 aliphatic rings. The molecule has 1 atom stereocenters. The van der Waals surface area contributed by atoms with Gasteiger partial charge in [-0.1, -0.05) is 30.3 Å². The number of fused-ring (bicyclic) bond motifs is 2. The van der Waals surface area contributed by atoms with Gasteiger partial charge in [-0.05, 0) is 29.9 Å². The van der Waals surface area contributed by atoms with Gasteiger partial charge in [0.25, 0.3) is 0 Å². The fraction of sp³-hybridized carbons (Fsp3) is 0.333. The highest BCUT2D eigenvalue weighted by atomic mass is 32.2. The van der Waals surface area contributed by atoms with Crippen molar-refractivity contribution in [3.8, 4) is 11.5 Å². The van der Waals surface area contributed by atoms with Crippen LogP contribution in [-0.4, -0.2) is 19.0 Å². The van der Waals surface area contributed by atoms with Gasteiger partial charge in [0.2, 0.25) is 0 Å². The summed E-state index contributed by atoms with van der Waals surface area (Å²) in [6.07, 6.45) is 1.16. The molecule has 0 amide bonds. The molecule has 0 aromatic heterocycles. The topological polar surface area (TPSA) is 30.5 Å². The van der Waals surface area contributed by atoms with Crippen molar-refractivity contribution in [2.45, 2.75) is 23.9 Å². The monoisotopic (exact) mass is 313 g/mol. The molecule has 2 aromatic carbocycles. The summed E-state index contributed by atoms with van der Waals surface area (Å²) < 4.78 is 11.5. The summed E-state index contributed by atoms with van der Waals surface area (Å²) in [4.78, 5) is 1.40. The molecule has 0 saturated heterocycles. The smallest absolute Gasteiger partial charge is 0.165 e. The van der Waals surface area contributed by atoms with Crippen molar-refractivity contribution in [2.24, 2.45) is 0 Å². The van der Waals surface area contributed by atoms with Crippen LogP contribution in [0.15, 0.2) is 47.4 Å². The van der Waals surface area contributed by atoms with Crippen molar-refractivity contribution in [2.75, 3.05) is 19.0 Å². The summed E-state index contributed by atoms with van der Waals surface area (Å²) in [6.45, 7) is 2.07. The Morgan fingerprint density at radius 2 is 1.95 bits per heavy atom. The number of rotatable bonds is 3. The van der Waals surface area contributed by atoms with Crippen LogP contribution in [-0.2, 0) is 6.54 Å². The first-order valence-corrected chi connectivity index (χ1v) is 8.73. The molecule has 22 heavy (non-hydrogen) atoms. The van der Waals surface area contributed by atoms with Gasteiger partial charge in [-0.25, -0.2) is 0 Å². The highest BCUT2D eigenvalue weighted by molar-refractivity contribution is 7.99. The van der Waals surface area contributed by atoms with E-state index in [2.05, 4.69) is 35.6 Å². The second kappa shape index (κ2) is 6.23. The highest BCUT2D eigenvalue weighted by Crippen LogP contribution is 2.37. The molecule has 4 heteroatoms. The summed E-state index contributed by atoms with van der Waals surface area (Å²) in [7, 11) is 0. The van der Waals surface area contributed by atoms with Crippen molar-refractivity contribution in [1.29, 1.82) is 0 Å². The van der Waals surface area contributed by atoms with Crippen molar-refractivity contribution in [3.63, 3.8) is 0 Å². The number of nitrogens with one attached hydrogen (secondary N) is 1. The number of hydrogen-bond donors (Lipinski definition) is 1. The zero-order chi connectivity index (χ0) is 14.8. The molecule has 2 heterocycles. The Hall–Kier alpha value is -1.65. The fourth-order valence-electron chi connectivity index (χ4n) is 3.06. The Bertz CT molecular complexity index is 674. The molecule has 0 bridgehead atoms. The van der Waals surface area contributed by atoms with Crippen LogP contribution in [0, 0.1) is 0 Å². The van der Waals surface area contributed by atoms with Gasteiger partial charge in [0, 0.05) is 23.0 Å². The Morgan fingerprint density at radius 3 is 2.95 bits per heavy atom. The van der Waals surface area contributed by atoms with Gasteiger partial charge in [0.1, 0.15) is 13.2 Å². The molecule has 0 spiro atoms. The van der Waals surface area contributed by atoms with Gasteiger partial charge in [0.05, 0.1) is 0 Å². The van der Waals surface area contributed by atoms with Crippen molar-refractivity contribution < 1.29 is 9.47 Å². The minimum absolute atomic E-state index is 0.415. The molecule has 4 rings (SSSR count). The number of benzene rings is 2. The number of hydrogen-bond acceptors (Lipinski definition) is 4. The minimum Gasteiger partial charge on any atom is -0.486 e. The molecule has 2 aromatic rings. The van der Waals surface area contributed by atoms with E-state index in [1.165, 1.54) is 21.8 Å². The highest BCUT2D eigenvalue weighted by Gasteiger charge is 2.21. The molecule has 0 aliphatic carbocycles. The second-order valence-electron chi connectivity index (χ2n) is 5.55. The van der Waals surface area contributed by atoms with Crippen molar-refractivity contribution >= 4 is 11.8 Å². The molecule has 1 unspecified atom stereocenters. The summed E-state index contributed by atoms with van der Waals surface area (Å²) in [6, 6.07) is 15.2. The molecule has 0 fully saturated rings. The number of thioether (sulfide) groups is 1. The van der Waals surface area contributed by atoms with Crippen LogP contribution < -0.4 is 14.8 Å². The lowest BCUT2D eigenvalue weighted by atomic mass is 10.0. The van der Waals surface area contributed by atoms with Crippen LogP contribution in [0.3, 0.4) is 0 Å². The first-order chi connectivity index (χ1) is 10.9. The van der Waals surface area contributed by atoms with E-state index in [4.69, 9.17) is 9.47 Å². The number of para-hydroxylation sites is 1. The van der Waals surface area contributed by atoms with E-state index in [1.807, 2.05) is 23.9 Å². The first kappa shape index (κ1) is 14.0. The molecule has 114 valence electrons. The molecular formula is C18H19NO2S. The predicted molar refractivity (Wildman–Crippen MR) is 88.8 cm³/mol. The van der Waals surface area contributed by atoms with E-state index < -0.39 is 0 Å². The molecule has 0 saturated carbocycles. The van der Waals surface area contributed by atoms with E-state index in [0.717, 1.165) is 24.5 Å². The Balaban J connectivity index is 1.52. The Kier molecular flexibility index (Phi) is 3.95. The summed E-state index contributed by atoms with van der Waals surface area (Å²) in [5, 5.41) is 3.70. The minimum atomic E-state index is 0.415. The summed E-state index contributed by atoms with van der Waals surface area (Å²) in [5.41, 5.74) is 2.59. The molecular weight excluding hydrogens is 294 g/mol. The zero-order valence-electron chi connectivity index (χ0n) is 12.4. The third kappa shape index (κ3) is 2.69. The van der Waals surface area contributed by atoms with Crippen LogP contribution in [0.2, 0.25) is 0 Å².